The molecule has 0 aliphatic carbocycles. The highest BCUT2D eigenvalue weighted by Gasteiger charge is 2.42. The van der Waals surface area contributed by atoms with Gasteiger partial charge in [0.05, 0.1) is 11.7 Å². The van der Waals surface area contributed by atoms with Gasteiger partial charge in [0.15, 0.2) is 0 Å². The Morgan fingerprint density at radius 3 is 2.67 bits per heavy atom. The molecule has 5 nitrogen and oxygen atoms in total. The maximum Gasteiger partial charge on any atom is 0.273 e. The number of aromatic amines is 1. The second kappa shape index (κ2) is 7.43. The molecule has 0 saturated carbocycles. The van der Waals surface area contributed by atoms with Gasteiger partial charge in [0, 0.05) is 35.1 Å². The van der Waals surface area contributed by atoms with Crippen molar-refractivity contribution in [1.82, 2.24) is 20.1 Å². The lowest BCUT2D eigenvalue weighted by atomic mass is 9.95. The Hall–Kier alpha value is -3.44. The molecule has 0 bridgehead atoms. The number of H-pyrrole nitrogens is 1. The van der Waals surface area contributed by atoms with E-state index in [1.807, 2.05) is 60.4 Å². The molecule has 1 N–H and O–H groups in total. The maximum absolute atomic E-state index is 13.4. The molecule has 0 spiro atoms. The first-order valence-electron chi connectivity index (χ1n) is 9.72. The molecule has 4 aromatic rings. The number of pyridine rings is 1. The highest BCUT2D eigenvalue weighted by Crippen LogP contribution is 2.43. The van der Waals surface area contributed by atoms with Crippen LogP contribution in [0.5, 0.6) is 0 Å². The summed E-state index contributed by atoms with van der Waals surface area (Å²) in [6.07, 6.45) is 3.51. The number of fused-ring (bicyclic) bond motifs is 1. The summed E-state index contributed by atoms with van der Waals surface area (Å²) in [6.45, 7) is 2.49. The quantitative estimate of drug-likeness (QED) is 0.500. The average molecular weight is 415 g/mol. The van der Waals surface area contributed by atoms with Gasteiger partial charge in [-0.25, -0.2) is 0 Å². The first-order valence-corrected chi connectivity index (χ1v) is 10.1. The maximum atomic E-state index is 13.4. The number of carbonyl (C=O) groups excluding carboxylic acids is 1. The normalized spacial score (nSPS) is 15.5. The zero-order valence-corrected chi connectivity index (χ0v) is 17.1. The van der Waals surface area contributed by atoms with E-state index in [9.17, 15) is 4.79 Å². The fraction of sp³-hybridized carbons (Fsp3) is 0.125. The number of nitrogens with one attached hydrogen (secondary N) is 1. The van der Waals surface area contributed by atoms with Gasteiger partial charge in [0.25, 0.3) is 5.91 Å². The summed E-state index contributed by atoms with van der Waals surface area (Å²) in [5.41, 5.74) is 6.26. The summed E-state index contributed by atoms with van der Waals surface area (Å²) in [5.74, 6) is -0.0790. The number of aromatic nitrogens is 3. The third-order valence-electron chi connectivity index (χ3n) is 5.43. The van der Waals surface area contributed by atoms with Crippen molar-refractivity contribution in [2.24, 2.45) is 0 Å². The van der Waals surface area contributed by atoms with Crippen LogP contribution in [0.15, 0.2) is 73.1 Å². The molecule has 1 aliphatic rings. The Bertz CT molecular complexity index is 1220. The van der Waals surface area contributed by atoms with E-state index in [1.54, 1.807) is 12.4 Å². The number of amides is 1. The minimum Gasteiger partial charge on any atom is -0.322 e. The molecule has 2 aromatic carbocycles. The number of halogens is 1. The molecule has 2 aromatic heterocycles. The van der Waals surface area contributed by atoms with Crippen LogP contribution in [0, 0.1) is 6.92 Å². The van der Waals surface area contributed by atoms with Gasteiger partial charge in [-0.1, -0.05) is 59.6 Å². The highest BCUT2D eigenvalue weighted by molar-refractivity contribution is 6.30. The first kappa shape index (κ1) is 18.6. The lowest BCUT2D eigenvalue weighted by Crippen LogP contribution is -2.29. The average Bonchev–Trinajstić information content (AvgIpc) is 3.29. The summed E-state index contributed by atoms with van der Waals surface area (Å²) >= 11 is 6.31. The fourth-order valence-electron chi connectivity index (χ4n) is 4.00. The van der Waals surface area contributed by atoms with Gasteiger partial charge in [0.1, 0.15) is 5.69 Å². The fourth-order valence-corrected chi connectivity index (χ4v) is 4.20. The SMILES string of the molecule is Cc1ccc(-c2n[nH]c3c2C(c2cccc(Cl)c2)N(Cc2cccnc2)C3=O)cc1. The van der Waals surface area contributed by atoms with Crippen molar-refractivity contribution in [1.29, 1.82) is 0 Å². The van der Waals surface area contributed by atoms with Crippen molar-refractivity contribution in [3.63, 3.8) is 0 Å². The monoisotopic (exact) mass is 414 g/mol. The van der Waals surface area contributed by atoms with Gasteiger partial charge in [-0.3, -0.25) is 14.9 Å². The molecule has 148 valence electrons. The van der Waals surface area contributed by atoms with E-state index in [0.29, 0.717) is 17.3 Å². The molecular weight excluding hydrogens is 396 g/mol. The summed E-state index contributed by atoms with van der Waals surface area (Å²) < 4.78 is 0. The summed E-state index contributed by atoms with van der Waals surface area (Å²) in [6, 6.07) is 19.4. The molecule has 5 rings (SSSR count). The summed E-state index contributed by atoms with van der Waals surface area (Å²) in [4.78, 5) is 19.4. The van der Waals surface area contributed by atoms with Crippen molar-refractivity contribution >= 4 is 17.5 Å². The van der Waals surface area contributed by atoms with Crippen molar-refractivity contribution in [3.8, 4) is 11.3 Å². The van der Waals surface area contributed by atoms with E-state index in [1.165, 1.54) is 5.56 Å². The van der Waals surface area contributed by atoms with Crippen LogP contribution in [-0.4, -0.2) is 26.0 Å². The van der Waals surface area contributed by atoms with Crippen molar-refractivity contribution < 1.29 is 4.79 Å². The third kappa shape index (κ3) is 3.17. The predicted octanol–water partition coefficient (Wildman–Crippen LogP) is 5.18. The molecule has 1 unspecified atom stereocenters. The van der Waals surface area contributed by atoms with Gasteiger partial charge in [-0.15, -0.1) is 0 Å². The van der Waals surface area contributed by atoms with Crippen molar-refractivity contribution in [2.75, 3.05) is 0 Å². The Labute approximate surface area is 179 Å². The Balaban J connectivity index is 1.66. The van der Waals surface area contributed by atoms with E-state index in [0.717, 1.165) is 27.9 Å². The molecule has 6 heteroatoms. The van der Waals surface area contributed by atoms with E-state index in [4.69, 9.17) is 11.6 Å². The second-order valence-electron chi connectivity index (χ2n) is 7.48. The number of benzene rings is 2. The van der Waals surface area contributed by atoms with Crippen LogP contribution in [0.25, 0.3) is 11.3 Å². The third-order valence-corrected chi connectivity index (χ3v) is 5.66. The van der Waals surface area contributed by atoms with Gasteiger partial charge >= 0.3 is 0 Å². The zero-order chi connectivity index (χ0) is 20.7. The van der Waals surface area contributed by atoms with Crippen LogP contribution >= 0.6 is 11.6 Å². The molecule has 1 amide bonds. The lowest BCUT2D eigenvalue weighted by Gasteiger charge is -2.26. The summed E-state index contributed by atoms with van der Waals surface area (Å²) in [7, 11) is 0. The highest BCUT2D eigenvalue weighted by atomic mass is 35.5. The van der Waals surface area contributed by atoms with E-state index >= 15 is 0 Å². The van der Waals surface area contributed by atoms with Gasteiger partial charge in [0.2, 0.25) is 0 Å². The Kier molecular flexibility index (Phi) is 4.60. The largest absolute Gasteiger partial charge is 0.322 e. The van der Waals surface area contributed by atoms with Crippen LogP contribution in [-0.2, 0) is 6.54 Å². The smallest absolute Gasteiger partial charge is 0.273 e. The molecule has 1 atom stereocenters. The predicted molar refractivity (Wildman–Crippen MR) is 116 cm³/mol. The molecule has 30 heavy (non-hydrogen) atoms. The van der Waals surface area contributed by atoms with Crippen molar-refractivity contribution in [3.05, 3.63) is 106 Å². The van der Waals surface area contributed by atoms with Gasteiger partial charge < -0.3 is 4.90 Å². The number of carbonyl (C=O) groups is 1. The van der Waals surface area contributed by atoms with E-state index < -0.39 is 0 Å². The minimum atomic E-state index is -0.290. The molecule has 1 aliphatic heterocycles. The van der Waals surface area contributed by atoms with Crippen LogP contribution in [0.2, 0.25) is 5.02 Å². The van der Waals surface area contributed by atoms with Crippen LogP contribution < -0.4 is 0 Å². The Morgan fingerprint density at radius 1 is 1.10 bits per heavy atom. The Morgan fingerprint density at radius 2 is 1.93 bits per heavy atom. The second-order valence-corrected chi connectivity index (χ2v) is 7.92. The topological polar surface area (TPSA) is 61.9 Å². The molecule has 3 heterocycles. The van der Waals surface area contributed by atoms with E-state index in [-0.39, 0.29) is 11.9 Å². The number of hydrogen-bond donors (Lipinski definition) is 1. The van der Waals surface area contributed by atoms with Gasteiger partial charge in [-0.05, 0) is 36.2 Å². The van der Waals surface area contributed by atoms with Crippen molar-refractivity contribution in [2.45, 2.75) is 19.5 Å². The molecule has 0 saturated heterocycles. The molecular formula is C24H19ClN4O. The number of aryl methyl sites for hydroxylation is 1. The molecule has 0 fully saturated rings. The first-order chi connectivity index (χ1) is 14.6. The number of hydrogen-bond acceptors (Lipinski definition) is 3. The molecule has 0 radical (unpaired) electrons. The summed E-state index contributed by atoms with van der Waals surface area (Å²) in [5, 5.41) is 8.13. The number of rotatable bonds is 4. The number of nitrogens with zero attached hydrogens (tertiary/aromatic N) is 3. The van der Waals surface area contributed by atoms with Crippen LogP contribution in [0.1, 0.15) is 38.8 Å². The van der Waals surface area contributed by atoms with E-state index in [2.05, 4.69) is 27.3 Å². The standard InChI is InChI=1S/C24H19ClN4O/c1-15-7-9-17(10-8-15)21-20-22(28-27-21)24(30)29(14-16-4-3-11-26-13-16)23(20)18-5-2-6-19(25)12-18/h2-13,23H,14H2,1H3,(H,27,28). The lowest BCUT2D eigenvalue weighted by molar-refractivity contribution is 0.0730. The zero-order valence-electron chi connectivity index (χ0n) is 16.3. The minimum absolute atomic E-state index is 0.0790. The van der Waals surface area contributed by atoms with Crippen LogP contribution in [0.4, 0.5) is 0 Å². The van der Waals surface area contributed by atoms with Gasteiger partial charge in [-0.2, -0.15) is 5.10 Å². The van der Waals surface area contributed by atoms with Crippen LogP contribution in [0.3, 0.4) is 0 Å².